The van der Waals surface area contributed by atoms with Crippen LogP contribution in [0.3, 0.4) is 0 Å². The van der Waals surface area contributed by atoms with Gasteiger partial charge in [-0.05, 0) is 24.6 Å². The molecule has 0 radical (unpaired) electrons. The van der Waals surface area contributed by atoms with E-state index in [2.05, 4.69) is 41.2 Å². The topological polar surface area (TPSA) is 50.6 Å². The predicted molar refractivity (Wildman–Crippen MR) is 91.6 cm³/mol. The smallest absolute Gasteiger partial charge is 0.261 e. The average Bonchev–Trinajstić information content (AvgIpc) is 3.05. The predicted octanol–water partition coefficient (Wildman–Crippen LogP) is 1.94. The first kappa shape index (κ1) is 15.1. The maximum absolute atomic E-state index is 12.8. The molecule has 2 aliphatic rings. The summed E-state index contributed by atoms with van der Waals surface area (Å²) >= 11 is 0. The van der Waals surface area contributed by atoms with Crippen molar-refractivity contribution >= 4 is 11.6 Å². The Bertz CT molecular complexity index is 747. The number of benzene rings is 1. The summed E-state index contributed by atoms with van der Waals surface area (Å²) in [6, 6.07) is 8.51. The lowest BCUT2D eigenvalue weighted by molar-refractivity contribution is 0.0740. The number of piperazine rings is 1. The molecule has 1 saturated heterocycles. The zero-order chi connectivity index (χ0) is 16.5. The van der Waals surface area contributed by atoms with Gasteiger partial charge >= 0.3 is 0 Å². The van der Waals surface area contributed by atoms with E-state index in [4.69, 9.17) is 4.74 Å². The zero-order valence-corrected chi connectivity index (χ0v) is 13.9. The Hall–Kier alpha value is -2.50. The van der Waals surface area contributed by atoms with Gasteiger partial charge in [-0.2, -0.15) is 5.10 Å². The molecule has 6 heteroatoms. The first-order valence-corrected chi connectivity index (χ1v) is 8.52. The number of hydrogen-bond acceptors (Lipinski definition) is 4. The van der Waals surface area contributed by atoms with E-state index in [1.54, 1.807) is 10.9 Å². The van der Waals surface area contributed by atoms with Gasteiger partial charge in [-0.1, -0.05) is 12.1 Å². The second-order valence-electron chi connectivity index (χ2n) is 6.41. The van der Waals surface area contributed by atoms with Crippen LogP contribution in [0.5, 0.6) is 5.88 Å². The molecular weight excluding hydrogens is 304 g/mol. The van der Waals surface area contributed by atoms with Gasteiger partial charge in [0.05, 0.1) is 12.8 Å². The molecule has 1 aromatic carbocycles. The number of hydrogen-bond donors (Lipinski definition) is 0. The van der Waals surface area contributed by atoms with E-state index in [0.717, 1.165) is 39.1 Å². The number of carbonyl (C=O) groups excluding carboxylic acids is 1. The maximum atomic E-state index is 12.8. The van der Waals surface area contributed by atoms with Crippen LogP contribution in [-0.4, -0.2) is 53.4 Å². The summed E-state index contributed by atoms with van der Waals surface area (Å²) in [7, 11) is 0. The van der Waals surface area contributed by atoms with Crippen molar-refractivity contribution in [3.05, 3.63) is 41.6 Å². The summed E-state index contributed by atoms with van der Waals surface area (Å²) in [5.74, 6) is 0.661. The molecule has 0 atom stereocenters. The SMILES string of the molecule is Cc1cccc(N2CCN(C(=O)c3cnn4c3OCCC4)CC2)c1. The molecule has 24 heavy (non-hydrogen) atoms. The van der Waals surface area contributed by atoms with Gasteiger partial charge in [0.25, 0.3) is 5.91 Å². The number of rotatable bonds is 2. The fourth-order valence-electron chi connectivity index (χ4n) is 3.38. The summed E-state index contributed by atoms with van der Waals surface area (Å²) in [4.78, 5) is 17.0. The van der Waals surface area contributed by atoms with Gasteiger partial charge in [0.1, 0.15) is 5.56 Å². The van der Waals surface area contributed by atoms with Gasteiger partial charge in [0.15, 0.2) is 0 Å². The minimum absolute atomic E-state index is 0.0297. The molecule has 0 spiro atoms. The van der Waals surface area contributed by atoms with Crippen molar-refractivity contribution in [2.45, 2.75) is 19.9 Å². The molecule has 0 unspecified atom stereocenters. The van der Waals surface area contributed by atoms with Crippen LogP contribution in [-0.2, 0) is 6.54 Å². The van der Waals surface area contributed by atoms with Crippen molar-refractivity contribution in [1.29, 1.82) is 0 Å². The minimum atomic E-state index is 0.0297. The highest BCUT2D eigenvalue weighted by Gasteiger charge is 2.28. The normalized spacial score (nSPS) is 17.4. The van der Waals surface area contributed by atoms with E-state index < -0.39 is 0 Å². The largest absolute Gasteiger partial charge is 0.477 e. The van der Waals surface area contributed by atoms with Crippen molar-refractivity contribution in [3.8, 4) is 5.88 Å². The lowest BCUT2D eigenvalue weighted by Gasteiger charge is -2.36. The molecule has 0 N–H and O–H groups in total. The lowest BCUT2D eigenvalue weighted by Crippen LogP contribution is -2.48. The second kappa shape index (κ2) is 6.19. The van der Waals surface area contributed by atoms with Gasteiger partial charge in [-0.3, -0.25) is 4.79 Å². The summed E-state index contributed by atoms with van der Waals surface area (Å²) in [5, 5.41) is 4.28. The van der Waals surface area contributed by atoms with E-state index in [-0.39, 0.29) is 5.91 Å². The molecule has 0 saturated carbocycles. The number of nitrogens with zero attached hydrogens (tertiary/aromatic N) is 4. The number of fused-ring (bicyclic) bond motifs is 1. The zero-order valence-electron chi connectivity index (χ0n) is 13.9. The maximum Gasteiger partial charge on any atom is 0.261 e. The van der Waals surface area contributed by atoms with Crippen molar-refractivity contribution in [2.75, 3.05) is 37.7 Å². The molecule has 0 aliphatic carbocycles. The van der Waals surface area contributed by atoms with Crippen LogP contribution in [0.25, 0.3) is 0 Å². The Morgan fingerprint density at radius 1 is 1.17 bits per heavy atom. The molecule has 2 aromatic rings. The highest BCUT2D eigenvalue weighted by molar-refractivity contribution is 5.96. The lowest BCUT2D eigenvalue weighted by atomic mass is 10.2. The summed E-state index contributed by atoms with van der Waals surface area (Å²) in [6.45, 7) is 6.72. The van der Waals surface area contributed by atoms with Gasteiger partial charge < -0.3 is 14.5 Å². The third-order valence-electron chi connectivity index (χ3n) is 4.71. The summed E-state index contributed by atoms with van der Waals surface area (Å²) < 4.78 is 7.44. The molecule has 6 nitrogen and oxygen atoms in total. The third-order valence-corrected chi connectivity index (χ3v) is 4.71. The van der Waals surface area contributed by atoms with Crippen molar-refractivity contribution in [3.63, 3.8) is 0 Å². The minimum Gasteiger partial charge on any atom is -0.477 e. The molecule has 2 aliphatic heterocycles. The third kappa shape index (κ3) is 2.72. The van der Waals surface area contributed by atoms with Crippen LogP contribution in [0.4, 0.5) is 5.69 Å². The molecule has 1 amide bonds. The van der Waals surface area contributed by atoms with Crippen LogP contribution in [0.2, 0.25) is 0 Å². The first-order chi connectivity index (χ1) is 11.7. The fraction of sp³-hybridized carbons (Fsp3) is 0.444. The standard InChI is InChI=1S/C18H22N4O2/c1-14-4-2-5-15(12-14)20-7-9-21(10-8-20)17(23)16-13-19-22-6-3-11-24-18(16)22/h2,4-5,12-13H,3,6-11H2,1H3. The van der Waals surface area contributed by atoms with Crippen LogP contribution >= 0.6 is 0 Å². The molecular formula is C18H22N4O2. The monoisotopic (exact) mass is 326 g/mol. The average molecular weight is 326 g/mol. The van der Waals surface area contributed by atoms with E-state index in [1.807, 2.05) is 4.90 Å². The summed E-state index contributed by atoms with van der Waals surface area (Å²) in [6.07, 6.45) is 2.59. The second-order valence-corrected chi connectivity index (χ2v) is 6.41. The van der Waals surface area contributed by atoms with Gasteiger partial charge in [0.2, 0.25) is 5.88 Å². The van der Waals surface area contributed by atoms with Crippen molar-refractivity contribution in [2.24, 2.45) is 0 Å². The van der Waals surface area contributed by atoms with Gasteiger partial charge in [-0.15, -0.1) is 0 Å². The van der Waals surface area contributed by atoms with E-state index in [1.165, 1.54) is 11.3 Å². The summed E-state index contributed by atoms with van der Waals surface area (Å²) in [5.41, 5.74) is 3.08. The molecule has 3 heterocycles. The Morgan fingerprint density at radius 3 is 2.79 bits per heavy atom. The Labute approximate surface area is 141 Å². The fourth-order valence-corrected chi connectivity index (χ4v) is 3.38. The van der Waals surface area contributed by atoms with Crippen molar-refractivity contribution in [1.82, 2.24) is 14.7 Å². The molecule has 1 aromatic heterocycles. The van der Waals surface area contributed by atoms with Crippen LogP contribution in [0, 0.1) is 6.92 Å². The molecule has 1 fully saturated rings. The van der Waals surface area contributed by atoms with E-state index in [0.29, 0.717) is 18.1 Å². The highest BCUT2D eigenvalue weighted by atomic mass is 16.5. The number of carbonyl (C=O) groups is 1. The Balaban J connectivity index is 1.44. The Kier molecular flexibility index (Phi) is 3.88. The number of aryl methyl sites for hydroxylation is 2. The molecule has 126 valence electrons. The van der Waals surface area contributed by atoms with E-state index in [9.17, 15) is 4.79 Å². The number of amides is 1. The van der Waals surface area contributed by atoms with Crippen LogP contribution in [0.15, 0.2) is 30.5 Å². The first-order valence-electron chi connectivity index (χ1n) is 8.52. The Morgan fingerprint density at radius 2 is 2.00 bits per heavy atom. The number of ether oxygens (including phenoxy) is 1. The number of aromatic nitrogens is 2. The highest BCUT2D eigenvalue weighted by Crippen LogP contribution is 2.25. The van der Waals surface area contributed by atoms with Crippen LogP contribution < -0.4 is 9.64 Å². The molecule has 4 rings (SSSR count). The number of anilines is 1. The van der Waals surface area contributed by atoms with Gasteiger partial charge in [-0.25, -0.2) is 4.68 Å². The van der Waals surface area contributed by atoms with E-state index >= 15 is 0 Å². The van der Waals surface area contributed by atoms with Crippen molar-refractivity contribution < 1.29 is 9.53 Å². The van der Waals surface area contributed by atoms with Gasteiger partial charge in [0, 0.05) is 44.8 Å². The molecule has 0 bridgehead atoms. The quantitative estimate of drug-likeness (QED) is 0.846. The van der Waals surface area contributed by atoms with Crippen LogP contribution in [0.1, 0.15) is 22.3 Å².